The van der Waals surface area contributed by atoms with Crippen molar-refractivity contribution in [1.82, 2.24) is 0 Å². The number of unbranched alkanes of at least 4 members (excludes halogenated alkanes) is 12. The Labute approximate surface area is 490 Å². The maximum atomic E-state index is 9.55. The molecular weight excluding hydrogens is 1200 g/mol. The second-order valence-electron chi connectivity index (χ2n) is 23.4. The molecule has 0 fully saturated rings. The van der Waals surface area contributed by atoms with Gasteiger partial charge in [0.1, 0.15) is 0 Å². The molecule has 0 heterocycles. The molecule has 4 rings (SSSR count). The van der Waals surface area contributed by atoms with Crippen molar-refractivity contribution in [2.75, 3.05) is 0 Å². The second kappa shape index (κ2) is 38.6. The van der Waals surface area contributed by atoms with Crippen LogP contribution in [-0.2, 0) is 78.5 Å². The predicted molar refractivity (Wildman–Crippen MR) is 349 cm³/mol. The summed E-state index contributed by atoms with van der Waals surface area (Å²) in [5.74, 6) is 0. The molecule has 0 aliphatic carbocycles. The van der Waals surface area contributed by atoms with Gasteiger partial charge in [-0.15, -0.1) is 0 Å². The molecule has 0 spiro atoms. The van der Waals surface area contributed by atoms with Crippen molar-refractivity contribution in [2.45, 2.75) is 314 Å². The summed E-state index contributed by atoms with van der Waals surface area (Å²) in [4.78, 5) is 0. The predicted octanol–water partition coefficient (Wildman–Crippen LogP) is 19.6. The quantitative estimate of drug-likeness (QED) is 0.0402. The van der Waals surface area contributed by atoms with E-state index in [0.29, 0.717) is 0 Å². The van der Waals surface area contributed by atoms with Crippen molar-refractivity contribution < 1.29 is 1.41 Å². The molecule has 0 aliphatic rings. The molecule has 4 aromatic rings. The van der Waals surface area contributed by atoms with Crippen LogP contribution in [0.2, 0.25) is 0 Å². The van der Waals surface area contributed by atoms with E-state index in [1.54, 1.807) is 81.1 Å². The topological polar surface area (TPSA) is 9.23 Å². The van der Waals surface area contributed by atoms with Crippen LogP contribution in [0.25, 0.3) is 0 Å². The molecule has 1 radical (unpaired) electrons. The first kappa shape index (κ1) is 67.4. The van der Waals surface area contributed by atoms with Gasteiger partial charge >= 0.3 is 495 Å². The van der Waals surface area contributed by atoms with E-state index in [9.17, 15) is 1.41 Å². The van der Waals surface area contributed by atoms with E-state index < -0.39 is 36.7 Å². The molecule has 4 heteroatoms. The van der Waals surface area contributed by atoms with Crippen molar-refractivity contribution in [1.29, 1.82) is 0 Å². The zero-order valence-electron chi connectivity index (χ0n) is 51.9. The van der Waals surface area contributed by atoms with Gasteiger partial charge in [0.15, 0.2) is 0 Å². The summed E-state index contributed by atoms with van der Waals surface area (Å²) in [6.45, 7) is 28.9. The fraction of sp³-hybridized carbons (Fsp3) is 0.667. The molecule has 0 unspecified atom stereocenters. The summed E-state index contributed by atoms with van der Waals surface area (Å²) >= 11 is -2.75. The van der Waals surface area contributed by atoms with Crippen molar-refractivity contribution in [3.05, 3.63) is 115 Å². The minimum atomic E-state index is -4.58. The first-order valence-corrected chi connectivity index (χ1v) is 47.4. The summed E-state index contributed by atoms with van der Waals surface area (Å²) in [6.07, 6.45) is 43.5. The molecule has 1 nitrogen and oxygen atoms in total. The van der Waals surface area contributed by atoms with Crippen LogP contribution in [0, 0.1) is 0 Å². The molecule has 76 heavy (non-hydrogen) atoms. The van der Waals surface area contributed by atoms with Gasteiger partial charge in [-0.3, -0.25) is 0 Å². The zero-order valence-corrected chi connectivity index (χ0v) is 59.2. The van der Waals surface area contributed by atoms with E-state index in [0.717, 1.165) is 51.4 Å². The summed E-state index contributed by atoms with van der Waals surface area (Å²) < 4.78 is 16.5. The van der Waals surface area contributed by atoms with Crippen molar-refractivity contribution in [3.63, 3.8) is 0 Å². The van der Waals surface area contributed by atoms with Gasteiger partial charge in [-0.2, -0.15) is 0 Å². The third-order valence-electron chi connectivity index (χ3n) is 16.5. The number of benzene rings is 4. The molecule has 0 saturated carbocycles. The summed E-state index contributed by atoms with van der Waals surface area (Å²) in [5.41, 5.74) is 19.6. The molecule has 4 aromatic carbocycles. The number of hydrogen-bond donors (Lipinski definition) is 0. The van der Waals surface area contributed by atoms with Gasteiger partial charge in [-0.25, -0.2) is 0 Å². The molecule has 0 bridgehead atoms. The second-order valence-corrected chi connectivity index (χ2v) is 46.4. The Morgan fingerprint density at radius 3 is 0.645 bits per heavy atom. The monoisotopic (exact) mass is 1320 g/mol. The number of aryl methyl sites for hydroxylation is 12. The van der Waals surface area contributed by atoms with Crippen LogP contribution in [0.4, 0.5) is 0 Å². The minimum absolute atomic E-state index is 1.14. The Morgan fingerprint density at radius 2 is 0.447 bits per heavy atom. The first-order chi connectivity index (χ1) is 37.1. The Kier molecular flexibility index (Phi) is 34.2. The van der Waals surface area contributed by atoms with Crippen molar-refractivity contribution in [2.24, 2.45) is 0 Å². The van der Waals surface area contributed by atoms with Gasteiger partial charge < -0.3 is 0 Å². The SMILES string of the molecule is CCCCc1cc(CCCC)[c]([Sn]([O][Sn]([Br])([c]2c(CCCC)cc(CCCC)cc2CCCC)[c]2c(CCCC)cc(CCCC)cc2CCCC)[c]2c(CCCC)cc(CCCC)cc2CCCC)c(CCCC)c1. The molecule has 425 valence electrons. The first-order valence-electron chi connectivity index (χ1n) is 32.9. The van der Waals surface area contributed by atoms with Gasteiger partial charge in [-0.1, -0.05) is 0 Å². The molecule has 0 aliphatic heterocycles. The fourth-order valence-corrected chi connectivity index (χ4v) is 55.2. The van der Waals surface area contributed by atoms with Crippen LogP contribution in [0.15, 0.2) is 48.5 Å². The van der Waals surface area contributed by atoms with E-state index in [2.05, 4.69) is 132 Å². The van der Waals surface area contributed by atoms with Gasteiger partial charge in [0.2, 0.25) is 0 Å². The summed E-state index contributed by atoms with van der Waals surface area (Å²) in [5, 5.41) is 0. The maximum absolute atomic E-state index is 9.55. The third-order valence-corrected chi connectivity index (χ3v) is 53.3. The molecular formula is C72H116BrOSn2. The van der Waals surface area contributed by atoms with Crippen LogP contribution in [0.1, 0.15) is 304 Å². The van der Waals surface area contributed by atoms with Gasteiger partial charge in [0.05, 0.1) is 0 Å². The average Bonchev–Trinajstić information content (AvgIpc) is 3.48. The molecule has 0 aromatic heterocycles. The number of hydrogen-bond acceptors (Lipinski definition) is 1. The van der Waals surface area contributed by atoms with E-state index in [-0.39, 0.29) is 0 Å². The van der Waals surface area contributed by atoms with Crippen molar-refractivity contribution in [3.8, 4) is 0 Å². The Balaban J connectivity index is 2.49. The fourth-order valence-electron chi connectivity index (χ4n) is 12.0. The van der Waals surface area contributed by atoms with Crippen LogP contribution in [0.3, 0.4) is 0 Å². The van der Waals surface area contributed by atoms with Crippen LogP contribution in [-0.4, -0.2) is 36.7 Å². The molecule has 0 N–H and O–H groups in total. The molecule has 0 atom stereocenters. The molecule has 0 amide bonds. The standard InChI is InChI=1S/4C18H29.BrH.O.2Sn/c4*1-4-7-10-16-13-17(11-8-5-2)15-18(14-16)12-9-6-3;;;;/h4*13-14H,4-12H2,1-3H3;1H;;;/q;;;;;;;+1/p-1. The van der Waals surface area contributed by atoms with Crippen LogP contribution in [0.5, 0.6) is 0 Å². The van der Waals surface area contributed by atoms with Crippen molar-refractivity contribution >= 4 is 63.8 Å². The van der Waals surface area contributed by atoms with E-state index in [1.165, 1.54) is 180 Å². The Bertz CT molecular complexity index is 1970. The van der Waals surface area contributed by atoms with E-state index in [1.807, 2.05) is 0 Å². The van der Waals surface area contributed by atoms with Crippen LogP contribution < -0.4 is 14.3 Å². The van der Waals surface area contributed by atoms with Crippen LogP contribution >= 0.6 is 12.7 Å². The number of halogens is 1. The van der Waals surface area contributed by atoms with E-state index in [4.69, 9.17) is 12.7 Å². The normalized spacial score (nSPS) is 12.0. The summed E-state index contributed by atoms with van der Waals surface area (Å²) in [6, 6.07) is 22.1. The number of rotatable bonds is 42. The van der Waals surface area contributed by atoms with Gasteiger partial charge in [-0.05, 0) is 0 Å². The van der Waals surface area contributed by atoms with Gasteiger partial charge in [0, 0.05) is 0 Å². The molecule has 0 saturated heterocycles. The zero-order chi connectivity index (χ0) is 55.1. The summed E-state index contributed by atoms with van der Waals surface area (Å²) in [7, 11) is 0. The Morgan fingerprint density at radius 1 is 0.276 bits per heavy atom. The van der Waals surface area contributed by atoms with E-state index >= 15 is 0 Å². The third kappa shape index (κ3) is 20.4. The average molecular weight is 1320 g/mol. The van der Waals surface area contributed by atoms with Gasteiger partial charge in [0.25, 0.3) is 0 Å². The Hall–Kier alpha value is -1.08.